The third kappa shape index (κ3) is 4.18. The van der Waals surface area contributed by atoms with Crippen molar-refractivity contribution < 1.29 is 19.7 Å². The van der Waals surface area contributed by atoms with Crippen molar-refractivity contribution in [1.29, 1.82) is 5.26 Å². The molecule has 10 heteroatoms. The number of phenols is 1. The number of nitriles is 1. The first-order chi connectivity index (χ1) is 12.3. The molecule has 0 heterocycles. The molecular formula is C16H10N4O6. The molecule has 2 aromatic carbocycles. The lowest BCUT2D eigenvalue weighted by atomic mass is 10.1. The van der Waals surface area contributed by atoms with Gasteiger partial charge in [0.25, 0.3) is 17.3 Å². The number of non-ortho nitro benzene ring substituents is 2. The fraction of sp³-hybridized carbons (Fsp3) is 0. The number of anilines is 1. The van der Waals surface area contributed by atoms with Crippen LogP contribution in [0.4, 0.5) is 17.1 Å². The number of amides is 1. The van der Waals surface area contributed by atoms with Crippen LogP contribution in [-0.2, 0) is 4.79 Å². The van der Waals surface area contributed by atoms with E-state index in [9.17, 15) is 30.1 Å². The Morgan fingerprint density at radius 3 is 2.15 bits per heavy atom. The molecule has 2 aromatic rings. The number of nitrogens with one attached hydrogen (secondary N) is 1. The molecule has 0 aliphatic carbocycles. The van der Waals surface area contributed by atoms with E-state index in [1.165, 1.54) is 30.3 Å². The topological polar surface area (TPSA) is 159 Å². The molecule has 0 saturated heterocycles. The molecule has 0 aliphatic heterocycles. The number of phenolic OH excluding ortho intramolecular Hbond substituents is 1. The molecule has 0 atom stereocenters. The van der Waals surface area contributed by atoms with E-state index in [2.05, 4.69) is 5.32 Å². The van der Waals surface area contributed by atoms with Gasteiger partial charge in [-0.3, -0.25) is 25.0 Å². The lowest BCUT2D eigenvalue weighted by Crippen LogP contribution is -2.13. The van der Waals surface area contributed by atoms with Gasteiger partial charge in [-0.05, 0) is 29.8 Å². The lowest BCUT2D eigenvalue weighted by Gasteiger charge is -2.06. The van der Waals surface area contributed by atoms with E-state index < -0.39 is 21.5 Å². The summed E-state index contributed by atoms with van der Waals surface area (Å²) in [6.07, 6.45) is 1.21. The number of rotatable bonds is 5. The van der Waals surface area contributed by atoms with Crippen LogP contribution in [0, 0.1) is 31.6 Å². The maximum Gasteiger partial charge on any atom is 0.273 e. The Morgan fingerprint density at radius 1 is 1.08 bits per heavy atom. The van der Waals surface area contributed by atoms with Crippen molar-refractivity contribution in [2.75, 3.05) is 5.32 Å². The molecular weight excluding hydrogens is 344 g/mol. The molecule has 2 N–H and O–H groups in total. The zero-order valence-corrected chi connectivity index (χ0v) is 12.9. The molecule has 0 bridgehead atoms. The minimum Gasteiger partial charge on any atom is -0.506 e. The van der Waals surface area contributed by atoms with Crippen molar-refractivity contribution in [3.05, 3.63) is 73.8 Å². The van der Waals surface area contributed by atoms with E-state index in [0.717, 1.165) is 18.2 Å². The Hall–Kier alpha value is -4.26. The molecule has 130 valence electrons. The average molecular weight is 354 g/mol. The Balaban J connectivity index is 2.22. The molecule has 26 heavy (non-hydrogen) atoms. The first kappa shape index (κ1) is 18.1. The Kier molecular flexibility index (Phi) is 5.24. The molecule has 1 amide bonds. The van der Waals surface area contributed by atoms with Gasteiger partial charge in [0.2, 0.25) is 0 Å². The second kappa shape index (κ2) is 7.54. The molecule has 0 unspecified atom stereocenters. The fourth-order valence-electron chi connectivity index (χ4n) is 1.94. The quantitative estimate of drug-likeness (QED) is 0.274. The van der Waals surface area contributed by atoms with Crippen molar-refractivity contribution >= 4 is 29.0 Å². The number of hydrogen-bond donors (Lipinski definition) is 2. The Labute approximate surface area is 145 Å². The van der Waals surface area contributed by atoms with Gasteiger partial charge in [-0.2, -0.15) is 5.26 Å². The van der Waals surface area contributed by atoms with Crippen LogP contribution in [-0.4, -0.2) is 20.9 Å². The largest absolute Gasteiger partial charge is 0.506 e. The van der Waals surface area contributed by atoms with Crippen LogP contribution in [0.5, 0.6) is 5.75 Å². The summed E-state index contributed by atoms with van der Waals surface area (Å²) in [6.45, 7) is 0. The number of nitro groups is 2. The van der Waals surface area contributed by atoms with Crippen LogP contribution < -0.4 is 5.32 Å². The highest BCUT2D eigenvalue weighted by molar-refractivity contribution is 6.10. The van der Waals surface area contributed by atoms with Crippen molar-refractivity contribution in [3.8, 4) is 11.8 Å². The monoisotopic (exact) mass is 354 g/mol. The molecule has 10 nitrogen and oxygen atoms in total. The first-order valence-corrected chi connectivity index (χ1v) is 6.97. The highest BCUT2D eigenvalue weighted by Crippen LogP contribution is 2.28. The van der Waals surface area contributed by atoms with Crippen molar-refractivity contribution in [2.24, 2.45) is 0 Å². The maximum absolute atomic E-state index is 12.1. The number of nitro benzene ring substituents is 2. The van der Waals surface area contributed by atoms with Crippen molar-refractivity contribution in [2.45, 2.75) is 0 Å². The number of carbonyl (C=O) groups excluding carboxylic acids is 1. The summed E-state index contributed by atoms with van der Waals surface area (Å²) in [6, 6.07) is 9.94. The van der Waals surface area contributed by atoms with Crippen LogP contribution in [0.15, 0.2) is 48.0 Å². The zero-order chi connectivity index (χ0) is 19.3. The molecule has 0 aliphatic rings. The molecule has 0 saturated carbocycles. The summed E-state index contributed by atoms with van der Waals surface area (Å²) >= 11 is 0. The first-order valence-electron chi connectivity index (χ1n) is 6.97. The van der Waals surface area contributed by atoms with E-state index in [1.54, 1.807) is 6.07 Å². The van der Waals surface area contributed by atoms with Crippen LogP contribution in [0.25, 0.3) is 6.08 Å². The maximum atomic E-state index is 12.1. The van der Waals surface area contributed by atoms with Gasteiger partial charge in [-0.1, -0.05) is 0 Å². The second-order valence-electron chi connectivity index (χ2n) is 4.93. The van der Waals surface area contributed by atoms with Crippen LogP contribution in [0.3, 0.4) is 0 Å². The van der Waals surface area contributed by atoms with Crippen LogP contribution >= 0.6 is 0 Å². The third-order valence-corrected chi connectivity index (χ3v) is 3.22. The van der Waals surface area contributed by atoms with Crippen molar-refractivity contribution in [3.63, 3.8) is 0 Å². The summed E-state index contributed by atoms with van der Waals surface area (Å²) in [4.78, 5) is 32.1. The predicted molar refractivity (Wildman–Crippen MR) is 90.1 cm³/mol. The van der Waals surface area contributed by atoms with E-state index in [0.29, 0.717) is 5.56 Å². The lowest BCUT2D eigenvalue weighted by molar-refractivity contribution is -0.385. The van der Waals surface area contributed by atoms with E-state index in [-0.39, 0.29) is 22.6 Å². The van der Waals surface area contributed by atoms with Gasteiger partial charge in [-0.15, -0.1) is 0 Å². The number of aromatic hydroxyl groups is 1. The summed E-state index contributed by atoms with van der Waals surface area (Å²) < 4.78 is 0. The number of benzene rings is 2. The van der Waals surface area contributed by atoms with E-state index in [1.807, 2.05) is 0 Å². The van der Waals surface area contributed by atoms with E-state index >= 15 is 0 Å². The Morgan fingerprint density at radius 2 is 1.65 bits per heavy atom. The van der Waals surface area contributed by atoms with Gasteiger partial charge in [0.15, 0.2) is 0 Å². The fourth-order valence-corrected chi connectivity index (χ4v) is 1.94. The van der Waals surface area contributed by atoms with Gasteiger partial charge >= 0.3 is 0 Å². The average Bonchev–Trinajstić information content (AvgIpc) is 2.61. The van der Waals surface area contributed by atoms with Gasteiger partial charge in [-0.25, -0.2) is 0 Å². The molecule has 0 radical (unpaired) electrons. The van der Waals surface area contributed by atoms with Crippen molar-refractivity contribution in [1.82, 2.24) is 0 Å². The van der Waals surface area contributed by atoms with Gasteiger partial charge in [0.05, 0.1) is 21.6 Å². The minimum atomic E-state index is -0.852. The number of carbonyl (C=O) groups is 1. The van der Waals surface area contributed by atoms with Crippen LogP contribution in [0.2, 0.25) is 0 Å². The minimum absolute atomic E-state index is 0.106. The third-order valence-electron chi connectivity index (χ3n) is 3.22. The predicted octanol–water partition coefficient (Wildman–Crippen LogP) is 2.75. The highest BCUT2D eigenvalue weighted by atomic mass is 16.6. The molecule has 0 aromatic heterocycles. The molecule has 2 rings (SSSR count). The Bertz CT molecular complexity index is 960. The number of hydrogen-bond acceptors (Lipinski definition) is 7. The second-order valence-corrected chi connectivity index (χ2v) is 4.93. The molecule has 0 fully saturated rings. The zero-order valence-electron chi connectivity index (χ0n) is 12.9. The standard InChI is InChI=1S/C16H10N4O6/c17-9-11(7-10-1-3-12(4-2-10)19(23)24)16(22)18-14-6-5-13(20(25)26)8-15(14)21/h1-8,21H,(H,18,22)/b11-7-. The summed E-state index contributed by atoms with van der Waals surface area (Å²) in [5, 5.41) is 42.4. The van der Waals surface area contributed by atoms with Gasteiger partial charge < -0.3 is 10.4 Å². The van der Waals surface area contributed by atoms with Gasteiger partial charge in [0, 0.05) is 18.2 Å². The molecule has 0 spiro atoms. The van der Waals surface area contributed by atoms with Crippen LogP contribution in [0.1, 0.15) is 5.56 Å². The summed E-state index contributed by atoms with van der Waals surface area (Å²) in [7, 11) is 0. The SMILES string of the molecule is N#C/C(=C/c1ccc([N+](=O)[O-])cc1)C(=O)Nc1ccc([N+](=O)[O-])cc1O. The summed E-state index contributed by atoms with van der Waals surface area (Å²) in [5.74, 6) is -1.38. The summed E-state index contributed by atoms with van der Waals surface area (Å²) in [5.41, 5.74) is -0.541. The highest BCUT2D eigenvalue weighted by Gasteiger charge is 2.15. The van der Waals surface area contributed by atoms with Gasteiger partial charge in [0.1, 0.15) is 17.4 Å². The number of nitrogens with zero attached hydrogens (tertiary/aromatic N) is 3. The normalized spacial score (nSPS) is 10.7. The smallest absolute Gasteiger partial charge is 0.273 e. The van der Waals surface area contributed by atoms with E-state index in [4.69, 9.17) is 5.26 Å².